The predicted octanol–water partition coefficient (Wildman–Crippen LogP) is 5.38. The van der Waals surface area contributed by atoms with Crippen molar-refractivity contribution in [3.05, 3.63) is 23.8 Å². The molecule has 2 aliphatic carbocycles. The van der Waals surface area contributed by atoms with Crippen molar-refractivity contribution in [1.82, 2.24) is 5.32 Å². The van der Waals surface area contributed by atoms with E-state index in [1.807, 2.05) is 6.92 Å². The number of rotatable bonds is 13. The molecule has 5 atom stereocenters. The summed E-state index contributed by atoms with van der Waals surface area (Å²) in [6.45, 7) is 9.63. The highest BCUT2D eigenvalue weighted by molar-refractivity contribution is 5.20. The fourth-order valence-corrected chi connectivity index (χ4v) is 4.97. The zero-order valence-electron chi connectivity index (χ0n) is 18.8. The Hall–Kier alpha value is -0.640. The normalized spacial score (nSPS) is 29.5. The molecule has 0 spiro atoms. The zero-order chi connectivity index (χ0) is 20.6. The van der Waals surface area contributed by atoms with Crippen molar-refractivity contribution in [3.63, 3.8) is 0 Å². The first-order valence-corrected chi connectivity index (χ1v) is 11.8. The highest BCUT2D eigenvalue weighted by Crippen LogP contribution is 2.48. The Balaban J connectivity index is 1.73. The highest BCUT2D eigenvalue weighted by Gasteiger charge is 2.43. The smallest absolute Gasteiger partial charge is 0.0654 e. The van der Waals surface area contributed by atoms with E-state index in [1.54, 1.807) is 5.57 Å². The maximum Gasteiger partial charge on any atom is 0.0654 e. The number of aliphatic hydroxyl groups excluding tert-OH is 1. The van der Waals surface area contributed by atoms with Crippen LogP contribution in [-0.2, 0) is 0 Å². The summed E-state index contributed by atoms with van der Waals surface area (Å²) >= 11 is 0. The highest BCUT2D eigenvalue weighted by atomic mass is 16.3. The van der Waals surface area contributed by atoms with E-state index < -0.39 is 5.60 Å². The second-order valence-electron chi connectivity index (χ2n) is 9.89. The summed E-state index contributed by atoms with van der Waals surface area (Å²) in [7, 11) is 0. The van der Waals surface area contributed by atoms with E-state index in [2.05, 4.69) is 44.3 Å². The molecule has 28 heavy (non-hydrogen) atoms. The quantitative estimate of drug-likeness (QED) is 0.292. The van der Waals surface area contributed by atoms with Crippen LogP contribution in [-0.4, -0.2) is 34.5 Å². The van der Waals surface area contributed by atoms with Gasteiger partial charge >= 0.3 is 0 Å². The third-order valence-corrected chi connectivity index (χ3v) is 6.66. The molecule has 2 aliphatic rings. The molecule has 162 valence electrons. The van der Waals surface area contributed by atoms with Crippen molar-refractivity contribution < 1.29 is 10.2 Å². The van der Waals surface area contributed by atoms with E-state index in [1.165, 1.54) is 25.7 Å². The lowest BCUT2D eigenvalue weighted by Gasteiger charge is -2.22. The summed E-state index contributed by atoms with van der Waals surface area (Å²) in [6, 6.07) is 0.587. The standard InChI is InChI=1S/C25H45NO2/c1-5-6-13-25(4,28)14-10-12-22-23-17-20(16-21(23)18-24(22)27)11-8-7-9-15-26-19(2)3/h10,12,16,19,21-24,26-28H,5-9,11,13-15,17-18H2,1-4H3/t21-,22+,23-,24+,25-/m0/s1. The van der Waals surface area contributed by atoms with Gasteiger partial charge in [0.05, 0.1) is 11.7 Å². The number of hydrogen-bond acceptors (Lipinski definition) is 3. The first-order valence-electron chi connectivity index (χ1n) is 11.8. The molecular formula is C25H45NO2. The topological polar surface area (TPSA) is 52.5 Å². The van der Waals surface area contributed by atoms with Crippen LogP contribution in [0.1, 0.15) is 91.9 Å². The Labute approximate surface area is 173 Å². The van der Waals surface area contributed by atoms with Crippen molar-refractivity contribution in [2.75, 3.05) is 6.54 Å². The minimum absolute atomic E-state index is 0.216. The Kier molecular flexibility index (Phi) is 9.73. The number of nitrogens with one attached hydrogen (secondary N) is 1. The molecule has 2 rings (SSSR count). The number of aliphatic hydroxyl groups is 2. The minimum Gasteiger partial charge on any atom is -0.392 e. The van der Waals surface area contributed by atoms with Gasteiger partial charge in [0, 0.05) is 12.0 Å². The van der Waals surface area contributed by atoms with Crippen LogP contribution >= 0.6 is 0 Å². The lowest BCUT2D eigenvalue weighted by molar-refractivity contribution is 0.0513. The first-order chi connectivity index (χ1) is 13.3. The molecule has 0 aliphatic heterocycles. The lowest BCUT2D eigenvalue weighted by Crippen LogP contribution is -2.23. The Morgan fingerprint density at radius 1 is 1.25 bits per heavy atom. The molecule has 0 aromatic heterocycles. The van der Waals surface area contributed by atoms with Crippen LogP contribution in [0.3, 0.4) is 0 Å². The summed E-state index contributed by atoms with van der Waals surface area (Å²) in [5.74, 6) is 1.39. The molecule has 0 bridgehead atoms. The van der Waals surface area contributed by atoms with Crippen LogP contribution in [0.25, 0.3) is 0 Å². The van der Waals surface area contributed by atoms with Gasteiger partial charge in [0.1, 0.15) is 0 Å². The van der Waals surface area contributed by atoms with Crippen LogP contribution in [0, 0.1) is 17.8 Å². The van der Waals surface area contributed by atoms with E-state index in [9.17, 15) is 10.2 Å². The monoisotopic (exact) mass is 391 g/mol. The van der Waals surface area contributed by atoms with Crippen molar-refractivity contribution in [1.29, 1.82) is 0 Å². The van der Waals surface area contributed by atoms with Crippen molar-refractivity contribution >= 4 is 0 Å². The van der Waals surface area contributed by atoms with E-state index in [0.717, 1.165) is 38.6 Å². The molecule has 3 nitrogen and oxygen atoms in total. The molecule has 0 unspecified atom stereocenters. The number of hydrogen-bond donors (Lipinski definition) is 3. The molecule has 0 heterocycles. The van der Waals surface area contributed by atoms with Gasteiger partial charge in [0.25, 0.3) is 0 Å². The van der Waals surface area contributed by atoms with Gasteiger partial charge in [-0.3, -0.25) is 0 Å². The molecule has 3 N–H and O–H groups in total. The van der Waals surface area contributed by atoms with Crippen molar-refractivity contribution in [3.8, 4) is 0 Å². The molecule has 0 amide bonds. The van der Waals surface area contributed by atoms with Crippen LogP contribution < -0.4 is 5.32 Å². The molecule has 0 aromatic rings. The largest absolute Gasteiger partial charge is 0.392 e. The second-order valence-corrected chi connectivity index (χ2v) is 9.89. The maximum atomic E-state index is 10.5. The van der Waals surface area contributed by atoms with Crippen LogP contribution in [0.15, 0.2) is 23.8 Å². The lowest BCUT2D eigenvalue weighted by atomic mass is 9.87. The SMILES string of the molecule is CCCC[C@](C)(O)CC=C[C@@H]1[C@H]2CC(CCCCCNC(C)C)=C[C@H]2C[C@H]1O. The molecule has 0 radical (unpaired) electrons. The van der Waals surface area contributed by atoms with Gasteiger partial charge in [-0.2, -0.15) is 0 Å². The summed E-state index contributed by atoms with van der Waals surface area (Å²) in [5.41, 5.74) is 1.01. The molecule has 1 saturated carbocycles. The summed E-state index contributed by atoms with van der Waals surface area (Å²) in [5, 5.41) is 24.5. The summed E-state index contributed by atoms with van der Waals surface area (Å²) < 4.78 is 0. The van der Waals surface area contributed by atoms with Crippen molar-refractivity contribution in [2.24, 2.45) is 17.8 Å². The van der Waals surface area contributed by atoms with E-state index >= 15 is 0 Å². The van der Waals surface area contributed by atoms with Gasteiger partial charge in [-0.05, 0) is 70.3 Å². The fraction of sp³-hybridized carbons (Fsp3) is 0.840. The predicted molar refractivity (Wildman–Crippen MR) is 119 cm³/mol. The van der Waals surface area contributed by atoms with E-state index in [4.69, 9.17) is 0 Å². The van der Waals surface area contributed by atoms with Crippen molar-refractivity contribution in [2.45, 2.75) is 110 Å². The Morgan fingerprint density at radius 3 is 2.75 bits per heavy atom. The van der Waals surface area contributed by atoms with Gasteiger partial charge in [-0.15, -0.1) is 0 Å². The first kappa shape index (κ1) is 23.6. The fourth-order valence-electron chi connectivity index (χ4n) is 4.97. The summed E-state index contributed by atoms with van der Waals surface area (Å²) in [4.78, 5) is 0. The number of unbranched alkanes of at least 4 members (excludes halogenated alkanes) is 3. The molecule has 0 aromatic carbocycles. The van der Waals surface area contributed by atoms with Crippen LogP contribution in [0.2, 0.25) is 0 Å². The van der Waals surface area contributed by atoms with Gasteiger partial charge in [-0.1, -0.05) is 63.8 Å². The van der Waals surface area contributed by atoms with Gasteiger partial charge in [0.2, 0.25) is 0 Å². The Bertz CT molecular complexity index is 509. The third kappa shape index (κ3) is 7.65. The van der Waals surface area contributed by atoms with Gasteiger partial charge in [-0.25, -0.2) is 0 Å². The number of allylic oxidation sites excluding steroid dienone is 2. The van der Waals surface area contributed by atoms with Gasteiger partial charge < -0.3 is 15.5 Å². The molecule has 3 heteroatoms. The van der Waals surface area contributed by atoms with Crippen LogP contribution in [0.5, 0.6) is 0 Å². The zero-order valence-corrected chi connectivity index (χ0v) is 18.8. The average Bonchev–Trinajstić information content (AvgIpc) is 3.13. The average molecular weight is 392 g/mol. The number of fused-ring (bicyclic) bond motifs is 1. The maximum absolute atomic E-state index is 10.5. The minimum atomic E-state index is -0.612. The Morgan fingerprint density at radius 2 is 2.04 bits per heavy atom. The van der Waals surface area contributed by atoms with Crippen LogP contribution in [0.4, 0.5) is 0 Å². The third-order valence-electron chi connectivity index (χ3n) is 6.66. The molecular weight excluding hydrogens is 346 g/mol. The summed E-state index contributed by atoms with van der Waals surface area (Å²) in [6.07, 6.45) is 17.5. The van der Waals surface area contributed by atoms with E-state index in [0.29, 0.717) is 24.3 Å². The second kappa shape index (κ2) is 11.5. The van der Waals surface area contributed by atoms with Gasteiger partial charge in [0.15, 0.2) is 0 Å². The molecule has 0 saturated heterocycles. The van der Waals surface area contributed by atoms with E-state index in [-0.39, 0.29) is 12.0 Å². The molecule has 1 fully saturated rings.